The highest BCUT2D eigenvalue weighted by molar-refractivity contribution is 6.29. The van der Waals surface area contributed by atoms with Crippen molar-refractivity contribution in [1.29, 1.82) is 0 Å². The number of carbonyl (C=O) groups is 1. The van der Waals surface area contributed by atoms with Crippen LogP contribution in [0.5, 0.6) is 5.75 Å². The van der Waals surface area contributed by atoms with Gasteiger partial charge in [-0.3, -0.25) is 4.79 Å². The Kier molecular flexibility index (Phi) is 4.48. The minimum absolute atomic E-state index is 0.286. The highest BCUT2D eigenvalue weighted by atomic mass is 35.5. The van der Waals surface area contributed by atoms with E-state index in [0.717, 1.165) is 11.3 Å². The molecule has 0 atom stereocenters. The van der Waals surface area contributed by atoms with Crippen LogP contribution in [0.4, 0.5) is 5.69 Å². The van der Waals surface area contributed by atoms with Gasteiger partial charge in [0.15, 0.2) is 5.69 Å². The molecule has 0 aliphatic heterocycles. The molecule has 0 aliphatic carbocycles. The third-order valence-corrected chi connectivity index (χ3v) is 3.61. The van der Waals surface area contributed by atoms with E-state index >= 15 is 0 Å². The number of ether oxygens (including phenoxy) is 1. The predicted molar refractivity (Wildman–Crippen MR) is 92.1 cm³/mol. The first kappa shape index (κ1) is 16.0. The number of benzene rings is 1. The fourth-order valence-electron chi connectivity index (χ4n) is 2.20. The first-order valence-corrected chi connectivity index (χ1v) is 7.58. The molecule has 2 aromatic heterocycles. The zero-order valence-electron chi connectivity index (χ0n) is 13.2. The van der Waals surface area contributed by atoms with E-state index in [9.17, 15) is 4.79 Å². The summed E-state index contributed by atoms with van der Waals surface area (Å²) in [4.78, 5) is 16.2. The minimum atomic E-state index is -0.329. The van der Waals surface area contributed by atoms with Crippen molar-refractivity contribution in [2.24, 2.45) is 0 Å². The first-order chi connectivity index (χ1) is 11.6. The lowest BCUT2D eigenvalue weighted by Crippen LogP contribution is -2.13. The molecule has 6 nitrogen and oxygen atoms in total. The zero-order chi connectivity index (χ0) is 17.1. The van der Waals surface area contributed by atoms with Gasteiger partial charge in [-0.25, -0.2) is 9.67 Å². The van der Waals surface area contributed by atoms with E-state index in [1.54, 1.807) is 36.2 Å². The van der Waals surface area contributed by atoms with Gasteiger partial charge < -0.3 is 10.1 Å². The molecule has 1 amide bonds. The van der Waals surface area contributed by atoms with Gasteiger partial charge in [0.05, 0.1) is 19.0 Å². The van der Waals surface area contributed by atoms with Crippen LogP contribution in [-0.4, -0.2) is 27.8 Å². The monoisotopic (exact) mass is 342 g/mol. The Morgan fingerprint density at radius 2 is 2.08 bits per heavy atom. The molecule has 1 aromatic carbocycles. The molecule has 7 heteroatoms. The second-order valence-corrected chi connectivity index (χ2v) is 5.53. The number of amides is 1. The summed E-state index contributed by atoms with van der Waals surface area (Å²) < 4.78 is 6.96. The third kappa shape index (κ3) is 3.38. The van der Waals surface area contributed by atoms with Crippen molar-refractivity contribution in [2.45, 2.75) is 6.92 Å². The SMILES string of the molecule is COc1ccc(C)cc1-n1ccc(C(=O)Nc2ccc(Cl)nc2)n1. The predicted octanol–water partition coefficient (Wildman–Crippen LogP) is 3.49. The van der Waals surface area contributed by atoms with Gasteiger partial charge in [-0.05, 0) is 42.8 Å². The standard InChI is InChI=1S/C17H15ClN4O2/c1-11-3-5-15(24-2)14(9-11)22-8-7-13(21-22)17(23)20-12-4-6-16(18)19-10-12/h3-10H,1-2H3,(H,20,23). The van der Waals surface area contributed by atoms with E-state index in [1.807, 2.05) is 25.1 Å². The van der Waals surface area contributed by atoms with Crippen LogP contribution < -0.4 is 10.1 Å². The lowest BCUT2D eigenvalue weighted by molar-refractivity contribution is 0.102. The minimum Gasteiger partial charge on any atom is -0.494 e. The summed E-state index contributed by atoms with van der Waals surface area (Å²) in [7, 11) is 1.60. The molecule has 0 radical (unpaired) electrons. The van der Waals surface area contributed by atoms with E-state index in [4.69, 9.17) is 16.3 Å². The number of halogens is 1. The summed E-state index contributed by atoms with van der Waals surface area (Å²) in [5.41, 5.74) is 2.67. The van der Waals surface area contributed by atoms with E-state index in [1.165, 1.54) is 6.20 Å². The highest BCUT2D eigenvalue weighted by Crippen LogP contribution is 2.23. The Bertz CT molecular complexity index is 875. The quantitative estimate of drug-likeness (QED) is 0.737. The molecule has 0 saturated heterocycles. The number of aromatic nitrogens is 3. The van der Waals surface area contributed by atoms with Gasteiger partial charge in [-0.2, -0.15) is 5.10 Å². The molecular formula is C17H15ClN4O2. The van der Waals surface area contributed by atoms with Gasteiger partial charge in [-0.15, -0.1) is 0 Å². The normalized spacial score (nSPS) is 10.5. The topological polar surface area (TPSA) is 69.0 Å². The molecule has 0 aliphatic rings. The summed E-state index contributed by atoms with van der Waals surface area (Å²) in [6.07, 6.45) is 3.20. The fourth-order valence-corrected chi connectivity index (χ4v) is 2.31. The second-order valence-electron chi connectivity index (χ2n) is 5.14. The van der Waals surface area contributed by atoms with Crippen molar-refractivity contribution in [2.75, 3.05) is 12.4 Å². The van der Waals surface area contributed by atoms with Crippen molar-refractivity contribution in [3.8, 4) is 11.4 Å². The van der Waals surface area contributed by atoms with Crippen LogP contribution >= 0.6 is 11.6 Å². The maximum absolute atomic E-state index is 12.3. The Morgan fingerprint density at radius 1 is 1.25 bits per heavy atom. The lowest BCUT2D eigenvalue weighted by Gasteiger charge is -2.09. The number of hydrogen-bond acceptors (Lipinski definition) is 4. The number of methoxy groups -OCH3 is 1. The Hall–Kier alpha value is -2.86. The maximum atomic E-state index is 12.3. The fraction of sp³-hybridized carbons (Fsp3) is 0.118. The van der Waals surface area contributed by atoms with Crippen molar-refractivity contribution in [3.05, 3.63) is 65.2 Å². The van der Waals surface area contributed by atoms with Crippen molar-refractivity contribution in [3.63, 3.8) is 0 Å². The summed E-state index contributed by atoms with van der Waals surface area (Å²) in [6, 6.07) is 10.7. The molecule has 1 N–H and O–H groups in total. The average Bonchev–Trinajstić information content (AvgIpc) is 3.07. The van der Waals surface area contributed by atoms with Crippen LogP contribution in [0.3, 0.4) is 0 Å². The number of aryl methyl sites for hydroxylation is 1. The molecule has 2 heterocycles. The third-order valence-electron chi connectivity index (χ3n) is 3.39. The zero-order valence-corrected chi connectivity index (χ0v) is 13.9. The number of nitrogens with one attached hydrogen (secondary N) is 1. The van der Waals surface area contributed by atoms with Crippen LogP contribution in [0.15, 0.2) is 48.8 Å². The largest absolute Gasteiger partial charge is 0.494 e. The van der Waals surface area contributed by atoms with Crippen LogP contribution in [-0.2, 0) is 0 Å². The summed E-state index contributed by atoms with van der Waals surface area (Å²) >= 11 is 5.73. The number of pyridine rings is 1. The number of rotatable bonds is 4. The number of hydrogen-bond donors (Lipinski definition) is 1. The van der Waals surface area contributed by atoms with Crippen molar-refractivity contribution >= 4 is 23.2 Å². The lowest BCUT2D eigenvalue weighted by atomic mass is 10.2. The van der Waals surface area contributed by atoms with Crippen molar-refractivity contribution < 1.29 is 9.53 Å². The smallest absolute Gasteiger partial charge is 0.276 e. The number of carbonyl (C=O) groups excluding carboxylic acids is 1. The van der Waals surface area contributed by atoms with Gasteiger partial charge in [0.25, 0.3) is 5.91 Å². The van der Waals surface area contributed by atoms with Crippen LogP contribution in [0.1, 0.15) is 16.1 Å². The van der Waals surface area contributed by atoms with E-state index in [2.05, 4.69) is 15.4 Å². The number of anilines is 1. The molecule has 0 fully saturated rings. The molecule has 0 saturated carbocycles. The van der Waals surface area contributed by atoms with Crippen LogP contribution in [0, 0.1) is 6.92 Å². The molecular weight excluding hydrogens is 328 g/mol. The van der Waals surface area contributed by atoms with Gasteiger partial charge >= 0.3 is 0 Å². The first-order valence-electron chi connectivity index (χ1n) is 7.20. The molecule has 3 aromatic rings. The van der Waals surface area contributed by atoms with Gasteiger partial charge in [0.2, 0.25) is 0 Å². The number of nitrogens with zero attached hydrogens (tertiary/aromatic N) is 3. The second kappa shape index (κ2) is 6.72. The average molecular weight is 343 g/mol. The molecule has 122 valence electrons. The van der Waals surface area contributed by atoms with Gasteiger partial charge in [0.1, 0.15) is 16.6 Å². The van der Waals surface area contributed by atoms with Crippen molar-refractivity contribution in [1.82, 2.24) is 14.8 Å². The molecule has 0 bridgehead atoms. The van der Waals surface area contributed by atoms with E-state index in [0.29, 0.717) is 16.6 Å². The van der Waals surface area contributed by atoms with Gasteiger partial charge in [0, 0.05) is 6.20 Å². The Balaban J connectivity index is 1.84. The molecule has 24 heavy (non-hydrogen) atoms. The van der Waals surface area contributed by atoms with Gasteiger partial charge in [-0.1, -0.05) is 17.7 Å². The molecule has 3 rings (SSSR count). The molecule has 0 unspecified atom stereocenters. The summed E-state index contributed by atoms with van der Waals surface area (Å²) in [5.74, 6) is 0.349. The summed E-state index contributed by atoms with van der Waals surface area (Å²) in [5, 5.41) is 7.41. The Labute approximate surface area is 144 Å². The van der Waals surface area contributed by atoms with E-state index in [-0.39, 0.29) is 11.6 Å². The maximum Gasteiger partial charge on any atom is 0.276 e. The van der Waals surface area contributed by atoms with Crippen LogP contribution in [0.25, 0.3) is 5.69 Å². The highest BCUT2D eigenvalue weighted by Gasteiger charge is 2.13. The van der Waals surface area contributed by atoms with E-state index < -0.39 is 0 Å². The summed E-state index contributed by atoms with van der Waals surface area (Å²) in [6.45, 7) is 1.98. The van der Waals surface area contributed by atoms with Crippen LogP contribution in [0.2, 0.25) is 5.15 Å². The molecule has 0 spiro atoms. The Morgan fingerprint density at radius 3 is 2.79 bits per heavy atom.